The van der Waals surface area contributed by atoms with Crippen molar-refractivity contribution in [1.82, 2.24) is 5.32 Å². The van der Waals surface area contributed by atoms with E-state index in [9.17, 15) is 4.79 Å². The van der Waals surface area contributed by atoms with Gasteiger partial charge in [-0.3, -0.25) is 4.79 Å². The van der Waals surface area contributed by atoms with Crippen molar-refractivity contribution in [2.75, 3.05) is 6.54 Å². The third-order valence-corrected chi connectivity index (χ3v) is 4.38. The van der Waals surface area contributed by atoms with Crippen molar-refractivity contribution in [2.24, 2.45) is 11.8 Å². The Hall–Kier alpha value is -1.06. The zero-order chi connectivity index (χ0) is 13.8. The summed E-state index contributed by atoms with van der Waals surface area (Å²) in [6.45, 7) is 2.80. The first kappa shape index (κ1) is 14.4. The average Bonchev–Trinajstić information content (AvgIpc) is 2.85. The second-order valence-corrected chi connectivity index (χ2v) is 5.69. The van der Waals surface area contributed by atoms with E-state index >= 15 is 0 Å². The smallest absolute Gasteiger partial charge is 0.306 e. The maximum absolute atomic E-state index is 11.1. The molecule has 0 bridgehead atoms. The fourth-order valence-corrected chi connectivity index (χ4v) is 3.17. The number of carbonyl (C=O) groups is 1. The summed E-state index contributed by atoms with van der Waals surface area (Å²) >= 11 is 6.16. The zero-order valence-corrected chi connectivity index (χ0v) is 11.9. The van der Waals surface area contributed by atoms with E-state index < -0.39 is 5.97 Å². The van der Waals surface area contributed by atoms with Crippen LogP contribution in [0.2, 0.25) is 5.02 Å². The summed E-state index contributed by atoms with van der Waals surface area (Å²) < 4.78 is 0. The molecule has 19 heavy (non-hydrogen) atoms. The molecule has 104 valence electrons. The van der Waals surface area contributed by atoms with Crippen LogP contribution < -0.4 is 5.32 Å². The highest BCUT2D eigenvalue weighted by Crippen LogP contribution is 2.32. The largest absolute Gasteiger partial charge is 0.481 e. The summed E-state index contributed by atoms with van der Waals surface area (Å²) in [7, 11) is 0. The van der Waals surface area contributed by atoms with Gasteiger partial charge in [-0.05, 0) is 43.9 Å². The summed E-state index contributed by atoms with van der Waals surface area (Å²) in [6.07, 6.45) is 2.82. The van der Waals surface area contributed by atoms with Crippen LogP contribution in [0.3, 0.4) is 0 Å². The summed E-state index contributed by atoms with van der Waals surface area (Å²) in [5.41, 5.74) is 1.06. The Kier molecular flexibility index (Phi) is 4.83. The van der Waals surface area contributed by atoms with Crippen LogP contribution in [0.15, 0.2) is 24.3 Å². The lowest BCUT2D eigenvalue weighted by Gasteiger charge is -2.21. The average molecular weight is 282 g/mol. The second kappa shape index (κ2) is 6.40. The van der Waals surface area contributed by atoms with E-state index in [2.05, 4.69) is 12.2 Å². The predicted molar refractivity (Wildman–Crippen MR) is 76.3 cm³/mol. The Morgan fingerprint density at radius 3 is 2.89 bits per heavy atom. The van der Waals surface area contributed by atoms with Crippen molar-refractivity contribution in [2.45, 2.75) is 32.2 Å². The first-order valence-corrected chi connectivity index (χ1v) is 7.18. The molecule has 0 spiro atoms. The number of rotatable bonds is 5. The Balaban J connectivity index is 1.92. The van der Waals surface area contributed by atoms with Crippen LogP contribution >= 0.6 is 11.6 Å². The molecule has 1 aliphatic rings. The maximum Gasteiger partial charge on any atom is 0.306 e. The van der Waals surface area contributed by atoms with Crippen LogP contribution in [-0.4, -0.2) is 17.6 Å². The van der Waals surface area contributed by atoms with Gasteiger partial charge in [0.1, 0.15) is 0 Å². The van der Waals surface area contributed by atoms with Gasteiger partial charge in [0, 0.05) is 11.1 Å². The summed E-state index contributed by atoms with van der Waals surface area (Å²) in [5, 5.41) is 13.3. The van der Waals surface area contributed by atoms with Crippen molar-refractivity contribution in [3.63, 3.8) is 0 Å². The molecule has 1 aliphatic carbocycles. The van der Waals surface area contributed by atoms with Gasteiger partial charge in [0.2, 0.25) is 0 Å². The van der Waals surface area contributed by atoms with E-state index in [1.807, 2.05) is 24.3 Å². The summed E-state index contributed by atoms with van der Waals surface area (Å²) in [4.78, 5) is 11.1. The molecule has 0 aliphatic heterocycles. The van der Waals surface area contributed by atoms with Gasteiger partial charge in [-0.2, -0.15) is 0 Å². The molecule has 0 saturated heterocycles. The first-order valence-electron chi connectivity index (χ1n) is 6.80. The highest BCUT2D eigenvalue weighted by Gasteiger charge is 2.32. The van der Waals surface area contributed by atoms with Gasteiger partial charge in [0.05, 0.1) is 5.92 Å². The van der Waals surface area contributed by atoms with Gasteiger partial charge in [0.15, 0.2) is 0 Å². The van der Waals surface area contributed by atoms with Crippen LogP contribution in [-0.2, 0) is 4.79 Å². The number of hydrogen-bond donors (Lipinski definition) is 2. The van der Waals surface area contributed by atoms with E-state index in [0.717, 1.165) is 36.4 Å². The number of nitrogens with one attached hydrogen (secondary N) is 1. The molecule has 1 fully saturated rings. The standard InChI is InChI=1S/C15H20ClNO2/c1-10(12-6-2-3-8-14(12)16)17-9-11-5-4-7-13(11)15(18)19/h2-3,6,8,10-11,13,17H,4-5,7,9H2,1H3,(H,18,19). The SMILES string of the molecule is CC(NCC1CCCC1C(=O)O)c1ccccc1Cl. The van der Waals surface area contributed by atoms with Gasteiger partial charge >= 0.3 is 5.97 Å². The molecule has 2 N–H and O–H groups in total. The Morgan fingerprint density at radius 1 is 1.47 bits per heavy atom. The van der Waals surface area contributed by atoms with Crippen LogP contribution in [0.25, 0.3) is 0 Å². The molecule has 3 nitrogen and oxygen atoms in total. The summed E-state index contributed by atoms with van der Waals surface area (Å²) in [6, 6.07) is 7.91. The van der Waals surface area contributed by atoms with Gasteiger partial charge in [-0.1, -0.05) is 36.2 Å². The lowest BCUT2D eigenvalue weighted by Crippen LogP contribution is -2.30. The summed E-state index contributed by atoms with van der Waals surface area (Å²) in [5.74, 6) is -0.608. The molecule has 0 amide bonds. The van der Waals surface area contributed by atoms with E-state index in [4.69, 9.17) is 16.7 Å². The molecule has 1 aromatic carbocycles. The molecular weight excluding hydrogens is 262 g/mol. The minimum atomic E-state index is -0.658. The zero-order valence-electron chi connectivity index (χ0n) is 11.1. The Morgan fingerprint density at radius 2 is 2.21 bits per heavy atom. The predicted octanol–water partition coefficient (Wildman–Crippen LogP) is 3.49. The monoisotopic (exact) mass is 281 g/mol. The van der Waals surface area contributed by atoms with Crippen LogP contribution in [0.4, 0.5) is 0 Å². The van der Waals surface area contributed by atoms with Crippen LogP contribution in [0, 0.1) is 11.8 Å². The fraction of sp³-hybridized carbons (Fsp3) is 0.533. The Bertz CT molecular complexity index is 450. The van der Waals surface area contributed by atoms with Crippen molar-refractivity contribution in [1.29, 1.82) is 0 Å². The molecule has 2 rings (SSSR count). The number of aliphatic carboxylic acids is 1. The van der Waals surface area contributed by atoms with Gasteiger partial charge in [0.25, 0.3) is 0 Å². The highest BCUT2D eigenvalue weighted by molar-refractivity contribution is 6.31. The minimum Gasteiger partial charge on any atom is -0.481 e. The molecular formula is C15H20ClNO2. The van der Waals surface area contributed by atoms with Gasteiger partial charge in [-0.25, -0.2) is 0 Å². The lowest BCUT2D eigenvalue weighted by molar-refractivity contribution is -0.142. The molecule has 0 aromatic heterocycles. The number of carboxylic acid groups (broad SMARTS) is 1. The molecule has 0 heterocycles. The number of benzene rings is 1. The van der Waals surface area contributed by atoms with E-state index in [1.165, 1.54) is 0 Å². The lowest BCUT2D eigenvalue weighted by atomic mass is 9.95. The number of halogens is 1. The molecule has 4 heteroatoms. The van der Waals surface area contributed by atoms with Gasteiger partial charge < -0.3 is 10.4 Å². The van der Waals surface area contributed by atoms with Crippen molar-refractivity contribution in [3.8, 4) is 0 Å². The molecule has 1 aromatic rings. The number of carboxylic acids is 1. The van der Waals surface area contributed by atoms with E-state index in [0.29, 0.717) is 0 Å². The van der Waals surface area contributed by atoms with E-state index in [1.54, 1.807) is 0 Å². The van der Waals surface area contributed by atoms with Crippen molar-refractivity contribution in [3.05, 3.63) is 34.9 Å². The topological polar surface area (TPSA) is 49.3 Å². The van der Waals surface area contributed by atoms with Gasteiger partial charge in [-0.15, -0.1) is 0 Å². The molecule has 3 unspecified atom stereocenters. The van der Waals surface area contributed by atoms with Crippen LogP contribution in [0.1, 0.15) is 37.8 Å². The third kappa shape index (κ3) is 3.48. The molecule has 0 radical (unpaired) electrons. The normalized spacial score (nSPS) is 24.3. The van der Waals surface area contributed by atoms with E-state index in [-0.39, 0.29) is 17.9 Å². The quantitative estimate of drug-likeness (QED) is 0.868. The third-order valence-electron chi connectivity index (χ3n) is 4.03. The fourth-order valence-electron chi connectivity index (χ4n) is 2.87. The molecule has 3 atom stereocenters. The van der Waals surface area contributed by atoms with Crippen molar-refractivity contribution < 1.29 is 9.90 Å². The maximum atomic E-state index is 11.1. The molecule has 1 saturated carbocycles. The highest BCUT2D eigenvalue weighted by atomic mass is 35.5. The first-order chi connectivity index (χ1) is 9.09. The van der Waals surface area contributed by atoms with Crippen molar-refractivity contribution >= 4 is 17.6 Å². The second-order valence-electron chi connectivity index (χ2n) is 5.29. The minimum absolute atomic E-state index is 0.142. The Labute approximate surface area is 119 Å². The number of hydrogen-bond acceptors (Lipinski definition) is 2. The van der Waals surface area contributed by atoms with Crippen LogP contribution in [0.5, 0.6) is 0 Å².